The van der Waals surface area contributed by atoms with Crippen LogP contribution in [0.15, 0.2) is 52.9 Å². The number of aryl methyl sites for hydroxylation is 1. The standard InChI is InChI=1S/C22H25BN2O3/c1-6-15-7-9-16(10-8-15)19-24-25-20(26-19)17-11-13-18(14-12-17)23-27-21(2,3)22(4,5)28-23/h7-14H,6H2,1-5H3. The molecule has 0 spiro atoms. The predicted molar refractivity (Wildman–Crippen MR) is 110 cm³/mol. The highest BCUT2D eigenvalue weighted by Gasteiger charge is 2.51. The van der Waals surface area contributed by atoms with Crippen LogP contribution in [0, 0.1) is 0 Å². The van der Waals surface area contributed by atoms with E-state index in [0.29, 0.717) is 11.8 Å². The highest BCUT2D eigenvalue weighted by molar-refractivity contribution is 6.62. The van der Waals surface area contributed by atoms with E-state index in [4.69, 9.17) is 13.7 Å². The second-order valence-electron chi connectivity index (χ2n) is 8.17. The van der Waals surface area contributed by atoms with E-state index < -0.39 is 0 Å². The molecular weight excluding hydrogens is 351 g/mol. The molecule has 0 radical (unpaired) electrons. The van der Waals surface area contributed by atoms with Crippen molar-refractivity contribution in [3.8, 4) is 22.9 Å². The van der Waals surface area contributed by atoms with Crippen molar-refractivity contribution in [1.29, 1.82) is 0 Å². The first-order chi connectivity index (χ1) is 13.3. The van der Waals surface area contributed by atoms with Gasteiger partial charge in [-0.25, -0.2) is 0 Å². The third-order valence-corrected chi connectivity index (χ3v) is 5.72. The summed E-state index contributed by atoms with van der Waals surface area (Å²) in [6, 6.07) is 16.1. The average Bonchev–Trinajstić information content (AvgIpc) is 3.25. The Bertz CT molecular complexity index is 946. The monoisotopic (exact) mass is 376 g/mol. The third kappa shape index (κ3) is 3.38. The number of hydrogen-bond acceptors (Lipinski definition) is 5. The lowest BCUT2D eigenvalue weighted by Gasteiger charge is -2.32. The Balaban J connectivity index is 1.53. The molecule has 3 aromatic rings. The van der Waals surface area contributed by atoms with Crippen LogP contribution in [0.25, 0.3) is 22.9 Å². The topological polar surface area (TPSA) is 57.4 Å². The van der Waals surface area contributed by atoms with Crippen LogP contribution in [-0.4, -0.2) is 28.5 Å². The molecule has 4 rings (SSSR count). The molecule has 6 heteroatoms. The summed E-state index contributed by atoms with van der Waals surface area (Å²) in [7, 11) is -0.380. The fourth-order valence-electron chi connectivity index (χ4n) is 3.10. The van der Waals surface area contributed by atoms with Crippen LogP contribution in [0.2, 0.25) is 0 Å². The van der Waals surface area contributed by atoms with Gasteiger partial charge >= 0.3 is 7.12 Å². The minimum atomic E-state index is -0.380. The van der Waals surface area contributed by atoms with Gasteiger partial charge in [-0.05, 0) is 69.4 Å². The van der Waals surface area contributed by atoms with Gasteiger partial charge in [-0.2, -0.15) is 0 Å². The Labute approximate surface area is 166 Å². The summed E-state index contributed by atoms with van der Waals surface area (Å²) in [5, 5.41) is 8.39. The fraction of sp³-hybridized carbons (Fsp3) is 0.364. The van der Waals surface area contributed by atoms with Gasteiger partial charge in [0.25, 0.3) is 0 Å². The maximum Gasteiger partial charge on any atom is 0.494 e. The fourth-order valence-corrected chi connectivity index (χ4v) is 3.10. The van der Waals surface area contributed by atoms with Gasteiger partial charge in [-0.15, -0.1) is 10.2 Å². The highest BCUT2D eigenvalue weighted by atomic mass is 16.7. The normalized spacial score (nSPS) is 17.8. The van der Waals surface area contributed by atoms with Gasteiger partial charge in [0.2, 0.25) is 11.8 Å². The zero-order valence-electron chi connectivity index (χ0n) is 17.0. The van der Waals surface area contributed by atoms with Gasteiger partial charge in [-0.1, -0.05) is 31.2 Å². The molecule has 1 aromatic heterocycles. The Hall–Kier alpha value is -2.44. The van der Waals surface area contributed by atoms with Crippen LogP contribution in [-0.2, 0) is 15.7 Å². The van der Waals surface area contributed by atoms with Gasteiger partial charge in [0.15, 0.2) is 0 Å². The molecule has 144 valence electrons. The quantitative estimate of drug-likeness (QED) is 0.637. The molecule has 1 fully saturated rings. The smallest absolute Gasteiger partial charge is 0.416 e. The molecule has 2 heterocycles. The van der Waals surface area contributed by atoms with Crippen molar-refractivity contribution in [2.45, 2.75) is 52.2 Å². The SMILES string of the molecule is CCc1ccc(-c2nnc(-c3ccc(B4OC(C)(C)C(C)(C)O4)cc3)o2)cc1. The Morgan fingerprint density at radius 1 is 0.750 bits per heavy atom. The Kier molecular flexibility index (Phi) is 4.64. The van der Waals surface area contributed by atoms with Gasteiger partial charge < -0.3 is 13.7 Å². The van der Waals surface area contributed by atoms with Crippen molar-refractivity contribution in [2.24, 2.45) is 0 Å². The molecule has 1 aliphatic heterocycles. The summed E-state index contributed by atoms with van der Waals surface area (Å²) in [5.74, 6) is 1.02. The third-order valence-electron chi connectivity index (χ3n) is 5.72. The van der Waals surface area contributed by atoms with Crippen LogP contribution in [0.5, 0.6) is 0 Å². The molecule has 0 aliphatic carbocycles. The van der Waals surface area contributed by atoms with E-state index in [1.54, 1.807) is 0 Å². The summed E-state index contributed by atoms with van der Waals surface area (Å²) < 4.78 is 18.1. The highest BCUT2D eigenvalue weighted by Crippen LogP contribution is 2.36. The van der Waals surface area contributed by atoms with Crippen LogP contribution in [0.4, 0.5) is 0 Å². The second kappa shape index (κ2) is 6.87. The van der Waals surface area contributed by atoms with Crippen molar-refractivity contribution >= 4 is 12.6 Å². The number of aromatic nitrogens is 2. The molecule has 5 nitrogen and oxygen atoms in total. The van der Waals surface area contributed by atoms with E-state index in [-0.39, 0.29) is 18.3 Å². The summed E-state index contributed by atoms with van der Waals surface area (Å²) >= 11 is 0. The molecule has 0 unspecified atom stereocenters. The van der Waals surface area contributed by atoms with Crippen molar-refractivity contribution < 1.29 is 13.7 Å². The molecule has 0 saturated carbocycles. The number of hydrogen-bond donors (Lipinski definition) is 0. The first-order valence-corrected chi connectivity index (χ1v) is 9.68. The molecule has 0 amide bonds. The molecule has 0 atom stereocenters. The van der Waals surface area contributed by atoms with E-state index >= 15 is 0 Å². The molecule has 0 N–H and O–H groups in total. The molecular formula is C22H25BN2O3. The van der Waals surface area contributed by atoms with E-state index in [2.05, 4.69) is 29.3 Å². The number of nitrogens with zero attached hydrogens (tertiary/aromatic N) is 2. The lowest BCUT2D eigenvalue weighted by Crippen LogP contribution is -2.41. The Morgan fingerprint density at radius 3 is 1.68 bits per heavy atom. The summed E-state index contributed by atoms with van der Waals surface area (Å²) in [5.41, 5.74) is 3.32. The van der Waals surface area contributed by atoms with Crippen LogP contribution >= 0.6 is 0 Å². The van der Waals surface area contributed by atoms with Gasteiger partial charge in [-0.3, -0.25) is 0 Å². The van der Waals surface area contributed by atoms with E-state index in [1.165, 1.54) is 5.56 Å². The minimum absolute atomic E-state index is 0.356. The number of benzene rings is 2. The van der Waals surface area contributed by atoms with E-state index in [1.807, 2.05) is 64.1 Å². The van der Waals surface area contributed by atoms with Crippen molar-refractivity contribution in [2.75, 3.05) is 0 Å². The summed E-state index contributed by atoms with van der Waals surface area (Å²) in [4.78, 5) is 0. The van der Waals surface area contributed by atoms with E-state index in [9.17, 15) is 0 Å². The first kappa shape index (κ1) is 18.9. The summed E-state index contributed by atoms with van der Waals surface area (Å²) in [6.45, 7) is 10.3. The Morgan fingerprint density at radius 2 is 1.21 bits per heavy atom. The number of rotatable bonds is 4. The van der Waals surface area contributed by atoms with Crippen LogP contribution in [0.1, 0.15) is 40.2 Å². The summed E-state index contributed by atoms with van der Waals surface area (Å²) in [6.07, 6.45) is 1.00. The first-order valence-electron chi connectivity index (χ1n) is 9.68. The predicted octanol–water partition coefficient (Wildman–Crippen LogP) is 4.27. The van der Waals surface area contributed by atoms with Crippen molar-refractivity contribution in [1.82, 2.24) is 10.2 Å². The molecule has 1 aliphatic rings. The van der Waals surface area contributed by atoms with Gasteiger partial charge in [0.05, 0.1) is 11.2 Å². The lowest BCUT2D eigenvalue weighted by molar-refractivity contribution is 0.00578. The maximum absolute atomic E-state index is 6.10. The molecule has 1 saturated heterocycles. The largest absolute Gasteiger partial charge is 0.494 e. The molecule has 28 heavy (non-hydrogen) atoms. The van der Waals surface area contributed by atoms with E-state index in [0.717, 1.165) is 23.0 Å². The minimum Gasteiger partial charge on any atom is -0.416 e. The lowest BCUT2D eigenvalue weighted by atomic mass is 9.79. The zero-order chi connectivity index (χ0) is 19.9. The molecule has 0 bridgehead atoms. The van der Waals surface area contributed by atoms with Gasteiger partial charge in [0, 0.05) is 11.1 Å². The van der Waals surface area contributed by atoms with Crippen molar-refractivity contribution in [3.05, 3.63) is 54.1 Å². The maximum atomic E-state index is 6.10. The van der Waals surface area contributed by atoms with Crippen molar-refractivity contribution in [3.63, 3.8) is 0 Å². The van der Waals surface area contributed by atoms with Crippen LogP contribution in [0.3, 0.4) is 0 Å². The molecule has 2 aromatic carbocycles. The van der Waals surface area contributed by atoms with Gasteiger partial charge in [0.1, 0.15) is 0 Å². The zero-order valence-corrected chi connectivity index (χ0v) is 17.0. The second-order valence-corrected chi connectivity index (χ2v) is 8.17. The van der Waals surface area contributed by atoms with Crippen LogP contribution < -0.4 is 5.46 Å². The average molecular weight is 376 g/mol.